The van der Waals surface area contributed by atoms with E-state index in [2.05, 4.69) is 5.32 Å². The fourth-order valence-corrected chi connectivity index (χ4v) is 2.59. The van der Waals surface area contributed by atoms with Crippen LogP contribution in [-0.2, 0) is 11.2 Å². The van der Waals surface area contributed by atoms with Gasteiger partial charge in [0, 0.05) is 13.0 Å². The lowest BCUT2D eigenvalue weighted by atomic mass is 9.66. The van der Waals surface area contributed by atoms with Gasteiger partial charge < -0.3 is 14.8 Å². The molecule has 5 nitrogen and oxygen atoms in total. The first-order chi connectivity index (χ1) is 9.06. The Bertz CT molecular complexity index is 474. The quantitative estimate of drug-likeness (QED) is 0.826. The van der Waals surface area contributed by atoms with Crippen LogP contribution in [0.15, 0.2) is 16.7 Å². The number of carboxylic acids is 1. The van der Waals surface area contributed by atoms with Crippen LogP contribution in [0.3, 0.4) is 0 Å². The lowest BCUT2D eigenvalue weighted by Gasteiger charge is -2.40. The zero-order chi connectivity index (χ0) is 13.9. The molecule has 0 aliphatic heterocycles. The lowest BCUT2D eigenvalue weighted by molar-refractivity contribution is -0.141. The third-order valence-electron chi connectivity index (χ3n) is 3.88. The Morgan fingerprint density at radius 2 is 2.21 bits per heavy atom. The summed E-state index contributed by atoms with van der Waals surface area (Å²) in [4.78, 5) is 22.9. The highest BCUT2D eigenvalue weighted by molar-refractivity contribution is 5.95. The molecule has 1 aromatic rings. The molecule has 0 radical (unpaired) electrons. The molecule has 1 saturated carbocycles. The van der Waals surface area contributed by atoms with E-state index in [1.165, 1.54) is 6.26 Å². The van der Waals surface area contributed by atoms with Crippen LogP contribution in [0.1, 0.15) is 48.7 Å². The summed E-state index contributed by atoms with van der Waals surface area (Å²) < 4.78 is 5.22. The first kappa shape index (κ1) is 13.6. The van der Waals surface area contributed by atoms with Crippen molar-refractivity contribution in [2.75, 3.05) is 6.54 Å². The molecule has 0 saturated heterocycles. The highest BCUT2D eigenvalue weighted by Crippen LogP contribution is 2.43. The largest absolute Gasteiger partial charge is 0.481 e. The van der Waals surface area contributed by atoms with E-state index in [1.807, 2.05) is 6.92 Å². The molecule has 0 unspecified atom stereocenters. The molecule has 1 amide bonds. The molecule has 0 bridgehead atoms. The van der Waals surface area contributed by atoms with Crippen LogP contribution >= 0.6 is 0 Å². The van der Waals surface area contributed by atoms with Crippen molar-refractivity contribution in [3.8, 4) is 0 Å². The van der Waals surface area contributed by atoms with Crippen LogP contribution in [0, 0.1) is 5.41 Å². The minimum Gasteiger partial charge on any atom is -0.481 e. The summed E-state index contributed by atoms with van der Waals surface area (Å²) in [7, 11) is 0. The van der Waals surface area contributed by atoms with Crippen molar-refractivity contribution >= 4 is 11.9 Å². The molecule has 2 N–H and O–H groups in total. The SMILES string of the molecule is CCc1occc1C(=O)NCC1(CC(=O)O)CCC1. The van der Waals surface area contributed by atoms with Crippen molar-refractivity contribution in [2.24, 2.45) is 5.41 Å². The fraction of sp³-hybridized carbons (Fsp3) is 0.571. The van der Waals surface area contributed by atoms with Gasteiger partial charge in [-0.3, -0.25) is 9.59 Å². The lowest BCUT2D eigenvalue weighted by Crippen LogP contribution is -2.43. The van der Waals surface area contributed by atoms with Gasteiger partial charge in [0.05, 0.1) is 18.2 Å². The average molecular weight is 265 g/mol. The number of aryl methyl sites for hydroxylation is 1. The molecular formula is C14H19NO4. The Morgan fingerprint density at radius 3 is 2.74 bits per heavy atom. The summed E-state index contributed by atoms with van der Waals surface area (Å²) in [6.45, 7) is 2.35. The molecular weight excluding hydrogens is 246 g/mol. The highest BCUT2D eigenvalue weighted by Gasteiger charge is 2.39. The molecule has 0 spiro atoms. The van der Waals surface area contributed by atoms with Gasteiger partial charge in [0.2, 0.25) is 0 Å². The predicted octanol–water partition coefficient (Wildman–Crippen LogP) is 2.22. The Balaban J connectivity index is 1.94. The van der Waals surface area contributed by atoms with E-state index in [0.717, 1.165) is 19.3 Å². The summed E-state index contributed by atoms with van der Waals surface area (Å²) in [6, 6.07) is 1.65. The van der Waals surface area contributed by atoms with Crippen LogP contribution < -0.4 is 5.32 Å². The Morgan fingerprint density at radius 1 is 1.47 bits per heavy atom. The second-order valence-electron chi connectivity index (χ2n) is 5.22. The van der Waals surface area contributed by atoms with E-state index >= 15 is 0 Å². The fourth-order valence-electron chi connectivity index (χ4n) is 2.59. The van der Waals surface area contributed by atoms with Crippen LogP contribution in [0.25, 0.3) is 0 Å². The Hall–Kier alpha value is -1.78. The average Bonchev–Trinajstić information content (AvgIpc) is 2.79. The number of carboxylic acid groups (broad SMARTS) is 1. The standard InChI is InChI=1S/C14H19NO4/c1-2-11-10(4-7-19-11)13(18)15-9-14(5-3-6-14)8-12(16)17/h4,7H,2-3,5-6,8-9H2,1H3,(H,15,18)(H,16,17). The maximum atomic E-state index is 12.0. The summed E-state index contributed by atoms with van der Waals surface area (Å²) in [5, 5.41) is 11.8. The topological polar surface area (TPSA) is 79.5 Å². The van der Waals surface area contributed by atoms with Gasteiger partial charge in [0.25, 0.3) is 5.91 Å². The van der Waals surface area contributed by atoms with Crippen molar-refractivity contribution in [2.45, 2.75) is 39.0 Å². The number of carbonyl (C=O) groups excluding carboxylic acids is 1. The van der Waals surface area contributed by atoms with Gasteiger partial charge in [-0.2, -0.15) is 0 Å². The Labute approximate surface area is 112 Å². The number of rotatable bonds is 6. The first-order valence-corrected chi connectivity index (χ1v) is 6.63. The molecule has 0 atom stereocenters. The van der Waals surface area contributed by atoms with Crippen LogP contribution in [0.2, 0.25) is 0 Å². The molecule has 1 aromatic heterocycles. The second-order valence-corrected chi connectivity index (χ2v) is 5.22. The number of hydrogen-bond donors (Lipinski definition) is 2. The van der Waals surface area contributed by atoms with E-state index in [0.29, 0.717) is 24.3 Å². The summed E-state index contributed by atoms with van der Waals surface area (Å²) >= 11 is 0. The first-order valence-electron chi connectivity index (χ1n) is 6.63. The molecule has 1 fully saturated rings. The van der Waals surface area contributed by atoms with Crippen molar-refractivity contribution in [1.82, 2.24) is 5.32 Å². The minimum atomic E-state index is -0.800. The normalized spacial score (nSPS) is 16.7. The van der Waals surface area contributed by atoms with Crippen molar-refractivity contribution in [3.63, 3.8) is 0 Å². The molecule has 1 heterocycles. The van der Waals surface area contributed by atoms with Crippen LogP contribution in [0.5, 0.6) is 0 Å². The van der Waals surface area contributed by atoms with E-state index in [9.17, 15) is 9.59 Å². The minimum absolute atomic E-state index is 0.124. The van der Waals surface area contributed by atoms with E-state index in [-0.39, 0.29) is 17.7 Å². The molecule has 104 valence electrons. The molecule has 1 aliphatic carbocycles. The molecule has 1 aliphatic rings. The predicted molar refractivity (Wildman–Crippen MR) is 69.0 cm³/mol. The van der Waals surface area contributed by atoms with Crippen LogP contribution in [0.4, 0.5) is 0 Å². The molecule has 19 heavy (non-hydrogen) atoms. The van der Waals surface area contributed by atoms with E-state index in [1.54, 1.807) is 6.07 Å². The van der Waals surface area contributed by atoms with Crippen LogP contribution in [-0.4, -0.2) is 23.5 Å². The van der Waals surface area contributed by atoms with Gasteiger partial charge in [-0.1, -0.05) is 13.3 Å². The number of amides is 1. The second kappa shape index (κ2) is 5.47. The van der Waals surface area contributed by atoms with Crippen molar-refractivity contribution in [3.05, 3.63) is 23.7 Å². The van der Waals surface area contributed by atoms with Gasteiger partial charge in [0.15, 0.2) is 0 Å². The smallest absolute Gasteiger partial charge is 0.303 e. The number of nitrogens with one attached hydrogen (secondary N) is 1. The van der Waals surface area contributed by atoms with Gasteiger partial charge in [-0.15, -0.1) is 0 Å². The maximum Gasteiger partial charge on any atom is 0.303 e. The monoisotopic (exact) mass is 265 g/mol. The van der Waals surface area contributed by atoms with Gasteiger partial charge >= 0.3 is 5.97 Å². The molecule has 5 heteroatoms. The van der Waals surface area contributed by atoms with E-state index in [4.69, 9.17) is 9.52 Å². The zero-order valence-electron chi connectivity index (χ0n) is 11.1. The number of carbonyl (C=O) groups is 2. The third kappa shape index (κ3) is 2.97. The van der Waals surface area contributed by atoms with Gasteiger partial charge in [-0.25, -0.2) is 0 Å². The number of furan rings is 1. The highest BCUT2D eigenvalue weighted by atomic mass is 16.4. The third-order valence-corrected chi connectivity index (χ3v) is 3.88. The molecule has 2 rings (SSSR count). The molecule has 0 aromatic carbocycles. The van der Waals surface area contributed by atoms with Gasteiger partial charge in [-0.05, 0) is 24.3 Å². The maximum absolute atomic E-state index is 12.0. The van der Waals surface area contributed by atoms with Gasteiger partial charge in [0.1, 0.15) is 5.76 Å². The van der Waals surface area contributed by atoms with E-state index < -0.39 is 5.97 Å². The number of hydrogen-bond acceptors (Lipinski definition) is 3. The van der Waals surface area contributed by atoms with Crippen molar-refractivity contribution < 1.29 is 19.1 Å². The summed E-state index contributed by atoms with van der Waals surface area (Å²) in [5.74, 6) is -0.313. The Kier molecular flexibility index (Phi) is 3.93. The summed E-state index contributed by atoms with van der Waals surface area (Å²) in [6.07, 6.45) is 5.06. The number of aliphatic carboxylic acids is 1. The summed E-state index contributed by atoms with van der Waals surface area (Å²) in [5.41, 5.74) is 0.296. The van der Waals surface area contributed by atoms with Crippen molar-refractivity contribution in [1.29, 1.82) is 0 Å². The zero-order valence-corrected chi connectivity index (χ0v) is 11.1.